The number of alkyl halides is 3. The summed E-state index contributed by atoms with van der Waals surface area (Å²) in [4.78, 5) is 12.5. The Labute approximate surface area is 181 Å². The van der Waals surface area contributed by atoms with Crippen molar-refractivity contribution in [2.45, 2.75) is 38.4 Å². The SMILES string of the molecule is O=C(NCc1ccc2c(c1)OCO2)c1ccc(-n2nc(C(F)(F)F)c3c2CCCC3)cc1. The lowest BCUT2D eigenvalue weighted by molar-refractivity contribution is -0.142. The standard InChI is InChI=1S/C23H20F3N3O3/c24-23(25,26)21-17-3-1-2-4-18(17)29(28-21)16-8-6-15(7-9-16)22(30)27-12-14-5-10-19-20(11-14)32-13-31-19/h5-11H,1-4,12-13H2,(H,27,30). The van der Waals surface area contributed by atoms with E-state index in [9.17, 15) is 18.0 Å². The summed E-state index contributed by atoms with van der Waals surface area (Å²) in [6.45, 7) is 0.486. The van der Waals surface area contributed by atoms with Crippen molar-refractivity contribution < 1.29 is 27.4 Å². The minimum atomic E-state index is -4.48. The molecular formula is C23H20F3N3O3. The Kier molecular flexibility index (Phi) is 5.03. The number of fused-ring (bicyclic) bond motifs is 2. The highest BCUT2D eigenvalue weighted by Crippen LogP contribution is 2.37. The summed E-state index contributed by atoms with van der Waals surface area (Å²) in [6, 6.07) is 11.9. The average molecular weight is 443 g/mol. The molecule has 2 aliphatic rings. The van der Waals surface area contributed by atoms with E-state index in [2.05, 4.69) is 10.4 Å². The number of amides is 1. The van der Waals surface area contributed by atoms with E-state index in [0.29, 0.717) is 47.8 Å². The van der Waals surface area contributed by atoms with Crippen LogP contribution in [0.4, 0.5) is 13.2 Å². The summed E-state index contributed by atoms with van der Waals surface area (Å²) in [7, 11) is 0. The molecule has 2 heterocycles. The van der Waals surface area contributed by atoms with Crippen molar-refractivity contribution in [3.05, 3.63) is 70.5 Å². The van der Waals surface area contributed by atoms with E-state index in [1.165, 1.54) is 4.68 Å². The molecule has 1 aliphatic carbocycles. The van der Waals surface area contributed by atoms with Crippen LogP contribution in [0.2, 0.25) is 0 Å². The minimum Gasteiger partial charge on any atom is -0.454 e. The van der Waals surface area contributed by atoms with Crippen LogP contribution < -0.4 is 14.8 Å². The maximum Gasteiger partial charge on any atom is 0.435 e. The van der Waals surface area contributed by atoms with Crippen molar-refractivity contribution in [1.82, 2.24) is 15.1 Å². The first-order chi connectivity index (χ1) is 15.4. The average Bonchev–Trinajstić information content (AvgIpc) is 3.42. The molecule has 1 aliphatic heterocycles. The quantitative estimate of drug-likeness (QED) is 0.648. The van der Waals surface area contributed by atoms with E-state index in [1.54, 1.807) is 30.3 Å². The van der Waals surface area contributed by atoms with E-state index in [-0.39, 0.29) is 18.3 Å². The largest absolute Gasteiger partial charge is 0.454 e. The van der Waals surface area contributed by atoms with Gasteiger partial charge >= 0.3 is 6.18 Å². The van der Waals surface area contributed by atoms with E-state index in [4.69, 9.17) is 9.47 Å². The molecule has 1 N–H and O–H groups in total. The van der Waals surface area contributed by atoms with Gasteiger partial charge in [0.1, 0.15) is 0 Å². The van der Waals surface area contributed by atoms with E-state index < -0.39 is 11.9 Å². The fourth-order valence-electron chi connectivity index (χ4n) is 4.13. The highest BCUT2D eigenvalue weighted by Gasteiger charge is 2.39. The molecule has 0 saturated heterocycles. The van der Waals surface area contributed by atoms with Gasteiger partial charge in [-0.3, -0.25) is 4.79 Å². The van der Waals surface area contributed by atoms with Gasteiger partial charge in [-0.1, -0.05) is 6.07 Å². The van der Waals surface area contributed by atoms with Crippen molar-refractivity contribution in [3.63, 3.8) is 0 Å². The number of carbonyl (C=O) groups is 1. The van der Waals surface area contributed by atoms with Gasteiger partial charge in [0.25, 0.3) is 5.91 Å². The molecule has 3 aromatic rings. The van der Waals surface area contributed by atoms with Gasteiger partial charge in [0.2, 0.25) is 6.79 Å². The second-order valence-electron chi connectivity index (χ2n) is 7.81. The van der Waals surface area contributed by atoms with Crippen LogP contribution in [0.25, 0.3) is 5.69 Å². The lowest BCUT2D eigenvalue weighted by atomic mass is 9.95. The monoisotopic (exact) mass is 443 g/mol. The summed E-state index contributed by atoms with van der Waals surface area (Å²) in [6.07, 6.45) is -2.00. The first-order valence-electron chi connectivity index (χ1n) is 10.4. The molecule has 0 bridgehead atoms. The Morgan fingerprint density at radius 3 is 2.56 bits per heavy atom. The van der Waals surface area contributed by atoms with Gasteiger partial charge in [-0.05, 0) is 67.6 Å². The molecule has 0 spiro atoms. The van der Waals surface area contributed by atoms with Crippen molar-refractivity contribution in [2.24, 2.45) is 0 Å². The zero-order valence-corrected chi connectivity index (χ0v) is 17.0. The molecule has 166 valence electrons. The molecule has 5 rings (SSSR count). The van der Waals surface area contributed by atoms with Crippen LogP contribution in [-0.4, -0.2) is 22.5 Å². The molecule has 2 aromatic carbocycles. The van der Waals surface area contributed by atoms with Crippen molar-refractivity contribution in [3.8, 4) is 17.2 Å². The van der Waals surface area contributed by atoms with Gasteiger partial charge in [0, 0.05) is 23.4 Å². The van der Waals surface area contributed by atoms with Gasteiger partial charge in [-0.15, -0.1) is 0 Å². The van der Waals surface area contributed by atoms with Crippen molar-refractivity contribution in [2.75, 3.05) is 6.79 Å². The lowest BCUT2D eigenvalue weighted by Crippen LogP contribution is -2.22. The Morgan fingerprint density at radius 2 is 1.78 bits per heavy atom. The molecule has 32 heavy (non-hydrogen) atoms. The summed E-state index contributed by atoms with van der Waals surface area (Å²) in [5.41, 5.74) is 1.86. The molecule has 1 aromatic heterocycles. The summed E-state index contributed by atoms with van der Waals surface area (Å²) < 4.78 is 52.3. The minimum absolute atomic E-state index is 0.182. The predicted molar refractivity (Wildman–Crippen MR) is 109 cm³/mol. The van der Waals surface area contributed by atoms with Gasteiger partial charge in [0.15, 0.2) is 17.2 Å². The van der Waals surface area contributed by atoms with Crippen LogP contribution in [-0.2, 0) is 25.6 Å². The molecular weight excluding hydrogens is 423 g/mol. The number of aromatic nitrogens is 2. The maximum absolute atomic E-state index is 13.4. The van der Waals surface area contributed by atoms with Crippen LogP contribution >= 0.6 is 0 Å². The number of halogens is 3. The predicted octanol–water partition coefficient (Wildman–Crippen LogP) is 4.43. The third kappa shape index (κ3) is 3.79. The number of ether oxygens (including phenoxy) is 2. The summed E-state index contributed by atoms with van der Waals surface area (Å²) >= 11 is 0. The van der Waals surface area contributed by atoms with Crippen LogP contribution in [0.5, 0.6) is 11.5 Å². The Morgan fingerprint density at radius 1 is 1.03 bits per heavy atom. The molecule has 0 fully saturated rings. The third-order valence-corrected chi connectivity index (χ3v) is 5.71. The number of nitrogens with one attached hydrogen (secondary N) is 1. The zero-order valence-electron chi connectivity index (χ0n) is 17.0. The molecule has 0 radical (unpaired) electrons. The van der Waals surface area contributed by atoms with Gasteiger partial charge in [0.05, 0.1) is 5.69 Å². The molecule has 0 saturated carbocycles. The third-order valence-electron chi connectivity index (χ3n) is 5.71. The molecule has 1 amide bonds. The number of rotatable bonds is 4. The first-order valence-corrected chi connectivity index (χ1v) is 10.4. The molecule has 0 unspecified atom stereocenters. The fourth-order valence-corrected chi connectivity index (χ4v) is 4.13. The number of benzene rings is 2. The number of hydrogen-bond acceptors (Lipinski definition) is 4. The van der Waals surface area contributed by atoms with Gasteiger partial charge in [-0.2, -0.15) is 18.3 Å². The normalized spacial score (nSPS) is 14.8. The second-order valence-corrected chi connectivity index (χ2v) is 7.81. The second kappa shape index (κ2) is 7.89. The molecule has 0 atom stereocenters. The number of nitrogens with zero attached hydrogens (tertiary/aromatic N) is 2. The maximum atomic E-state index is 13.4. The zero-order chi connectivity index (χ0) is 22.3. The molecule has 9 heteroatoms. The van der Waals surface area contributed by atoms with E-state index in [0.717, 1.165) is 18.4 Å². The first kappa shape index (κ1) is 20.4. The van der Waals surface area contributed by atoms with Crippen molar-refractivity contribution >= 4 is 5.91 Å². The summed E-state index contributed by atoms with van der Waals surface area (Å²) in [5, 5.41) is 6.71. The van der Waals surface area contributed by atoms with E-state index >= 15 is 0 Å². The molecule has 6 nitrogen and oxygen atoms in total. The summed E-state index contributed by atoms with van der Waals surface area (Å²) in [5.74, 6) is 1.03. The van der Waals surface area contributed by atoms with Crippen LogP contribution in [0.15, 0.2) is 42.5 Å². The van der Waals surface area contributed by atoms with Crippen molar-refractivity contribution in [1.29, 1.82) is 0 Å². The fraction of sp³-hybridized carbons (Fsp3) is 0.304. The highest BCUT2D eigenvalue weighted by atomic mass is 19.4. The number of hydrogen-bond donors (Lipinski definition) is 1. The Bertz CT molecular complexity index is 1170. The van der Waals surface area contributed by atoms with E-state index in [1.807, 2.05) is 12.1 Å². The van der Waals surface area contributed by atoms with Crippen LogP contribution in [0.1, 0.15) is 45.7 Å². The Hall–Kier alpha value is -3.49. The topological polar surface area (TPSA) is 65.4 Å². The smallest absolute Gasteiger partial charge is 0.435 e. The number of carbonyl (C=O) groups excluding carboxylic acids is 1. The highest BCUT2D eigenvalue weighted by molar-refractivity contribution is 5.94. The van der Waals surface area contributed by atoms with Crippen LogP contribution in [0, 0.1) is 0 Å². The Balaban J connectivity index is 1.32. The van der Waals surface area contributed by atoms with Gasteiger partial charge in [-0.25, -0.2) is 4.68 Å². The lowest BCUT2D eigenvalue weighted by Gasteiger charge is -2.15. The van der Waals surface area contributed by atoms with Gasteiger partial charge < -0.3 is 14.8 Å². The van der Waals surface area contributed by atoms with Crippen LogP contribution in [0.3, 0.4) is 0 Å².